The van der Waals surface area contributed by atoms with Gasteiger partial charge in [-0.1, -0.05) is 49.0 Å². The number of hydrogen-bond acceptors (Lipinski definition) is 5. The van der Waals surface area contributed by atoms with Crippen LogP contribution in [0.3, 0.4) is 0 Å². The van der Waals surface area contributed by atoms with E-state index in [9.17, 15) is 14.4 Å². The molecule has 142 valence electrons. The number of carbonyl (C=O) groups is 2. The van der Waals surface area contributed by atoms with Crippen LogP contribution in [0.25, 0.3) is 11.0 Å². The lowest BCUT2D eigenvalue weighted by Gasteiger charge is -2.14. The molecule has 28 heavy (non-hydrogen) atoms. The van der Waals surface area contributed by atoms with Crippen LogP contribution in [-0.4, -0.2) is 18.9 Å². The normalized spacial score (nSPS) is 10.7. The Morgan fingerprint density at radius 2 is 1.75 bits per heavy atom. The Morgan fingerprint density at radius 3 is 2.39 bits per heavy atom. The number of ether oxygens (including phenoxy) is 1. The van der Waals surface area contributed by atoms with Crippen molar-refractivity contribution in [3.8, 4) is 0 Å². The number of ketones is 1. The summed E-state index contributed by atoms with van der Waals surface area (Å²) in [5, 5.41) is 0.604. The van der Waals surface area contributed by atoms with E-state index in [0.717, 1.165) is 11.1 Å². The Morgan fingerprint density at radius 1 is 1.07 bits per heavy atom. The van der Waals surface area contributed by atoms with E-state index in [1.54, 1.807) is 36.4 Å². The van der Waals surface area contributed by atoms with E-state index in [0.29, 0.717) is 22.1 Å². The zero-order valence-corrected chi connectivity index (χ0v) is 16.0. The monoisotopic (exact) mass is 376 g/mol. The van der Waals surface area contributed by atoms with E-state index in [-0.39, 0.29) is 17.6 Å². The van der Waals surface area contributed by atoms with Crippen molar-refractivity contribution >= 4 is 22.7 Å². The summed E-state index contributed by atoms with van der Waals surface area (Å²) >= 11 is 0. The lowest BCUT2D eigenvalue weighted by molar-refractivity contribution is -0.136. The molecule has 2 aromatic carbocycles. The maximum atomic E-state index is 13.1. The maximum absolute atomic E-state index is 13.1. The lowest BCUT2D eigenvalue weighted by Crippen LogP contribution is -2.20. The van der Waals surface area contributed by atoms with Gasteiger partial charge in [0, 0.05) is 22.9 Å². The Labute approximate surface area is 162 Å². The molecule has 0 saturated carbocycles. The van der Waals surface area contributed by atoms with Gasteiger partial charge in [-0.15, -0.1) is 0 Å². The van der Waals surface area contributed by atoms with Crippen molar-refractivity contribution in [3.05, 3.63) is 92.9 Å². The number of methoxy groups -OCH3 is 1. The van der Waals surface area contributed by atoms with Crippen molar-refractivity contribution in [1.29, 1.82) is 0 Å². The predicted molar refractivity (Wildman–Crippen MR) is 107 cm³/mol. The molecule has 3 aromatic rings. The van der Waals surface area contributed by atoms with Crippen molar-refractivity contribution in [2.75, 3.05) is 7.11 Å². The first-order valence-corrected chi connectivity index (χ1v) is 8.77. The quantitative estimate of drug-likeness (QED) is 0.292. The molecule has 0 fully saturated rings. The predicted octanol–water partition coefficient (Wildman–Crippen LogP) is 3.91. The minimum Gasteiger partial charge on any atom is -0.466 e. The van der Waals surface area contributed by atoms with Gasteiger partial charge in [0.2, 0.25) is 5.78 Å². The highest BCUT2D eigenvalue weighted by molar-refractivity contribution is 6.11. The van der Waals surface area contributed by atoms with Crippen LogP contribution in [0.1, 0.15) is 32.6 Å². The third-order valence-corrected chi connectivity index (χ3v) is 4.83. The van der Waals surface area contributed by atoms with Gasteiger partial charge in [0.25, 0.3) is 0 Å². The van der Waals surface area contributed by atoms with E-state index >= 15 is 0 Å². The lowest BCUT2D eigenvalue weighted by atomic mass is 9.92. The van der Waals surface area contributed by atoms with E-state index in [1.807, 2.05) is 19.9 Å². The number of hydrogen-bond donors (Lipinski definition) is 0. The van der Waals surface area contributed by atoms with Gasteiger partial charge in [0.15, 0.2) is 0 Å². The van der Waals surface area contributed by atoms with Gasteiger partial charge in [-0.2, -0.15) is 0 Å². The Bertz CT molecular complexity index is 1150. The van der Waals surface area contributed by atoms with Crippen LogP contribution >= 0.6 is 0 Å². The summed E-state index contributed by atoms with van der Waals surface area (Å²) < 4.78 is 10.3. The second kappa shape index (κ2) is 7.64. The molecule has 1 aromatic heterocycles. The van der Waals surface area contributed by atoms with Crippen molar-refractivity contribution in [2.45, 2.75) is 20.3 Å². The van der Waals surface area contributed by atoms with Crippen LogP contribution in [0.15, 0.2) is 63.8 Å². The highest BCUT2D eigenvalue weighted by Crippen LogP contribution is 2.28. The second-order valence-corrected chi connectivity index (χ2v) is 6.59. The molecule has 0 aliphatic carbocycles. The smallest absolute Gasteiger partial charge is 0.347 e. The van der Waals surface area contributed by atoms with E-state index in [4.69, 9.17) is 9.15 Å². The van der Waals surface area contributed by atoms with Gasteiger partial charge in [-0.25, -0.2) is 9.59 Å². The van der Waals surface area contributed by atoms with Crippen molar-refractivity contribution in [1.82, 2.24) is 0 Å². The molecule has 0 bridgehead atoms. The van der Waals surface area contributed by atoms with Crippen molar-refractivity contribution < 1.29 is 18.7 Å². The molecular weight excluding hydrogens is 356 g/mol. The van der Waals surface area contributed by atoms with Gasteiger partial charge in [0.1, 0.15) is 11.1 Å². The molecule has 1 heterocycles. The fourth-order valence-electron chi connectivity index (χ4n) is 3.14. The molecule has 0 aliphatic rings. The molecule has 5 heteroatoms. The fourth-order valence-corrected chi connectivity index (χ4v) is 3.14. The number of rotatable bonds is 5. The van der Waals surface area contributed by atoms with Crippen LogP contribution < -0.4 is 5.63 Å². The molecule has 0 N–H and O–H groups in total. The molecule has 5 nitrogen and oxygen atoms in total. The summed E-state index contributed by atoms with van der Waals surface area (Å²) in [6, 6.07) is 12.2. The summed E-state index contributed by atoms with van der Waals surface area (Å²) in [7, 11) is 1.26. The summed E-state index contributed by atoms with van der Waals surface area (Å²) in [5.41, 5.74) is 2.27. The molecule has 0 saturated heterocycles. The van der Waals surface area contributed by atoms with Crippen molar-refractivity contribution in [2.24, 2.45) is 0 Å². The van der Waals surface area contributed by atoms with E-state index in [2.05, 4.69) is 6.58 Å². The molecule has 0 amide bonds. The third kappa shape index (κ3) is 3.39. The first kappa shape index (κ1) is 19.3. The maximum Gasteiger partial charge on any atom is 0.347 e. The minimum atomic E-state index is -0.734. The van der Waals surface area contributed by atoms with E-state index in [1.165, 1.54) is 7.11 Å². The van der Waals surface area contributed by atoms with Crippen LogP contribution in [0.4, 0.5) is 0 Å². The average molecular weight is 376 g/mol. The fraction of sp³-hybridized carbons (Fsp3) is 0.174. The molecule has 0 radical (unpaired) electrons. The number of aryl methyl sites for hydroxylation is 2. The van der Waals surface area contributed by atoms with Gasteiger partial charge >= 0.3 is 11.6 Å². The molecular formula is C23H20O5. The van der Waals surface area contributed by atoms with Crippen LogP contribution in [0.5, 0.6) is 0 Å². The minimum absolute atomic E-state index is 0.00514. The van der Waals surface area contributed by atoms with Gasteiger partial charge < -0.3 is 9.15 Å². The Kier molecular flexibility index (Phi) is 5.27. The third-order valence-electron chi connectivity index (χ3n) is 4.83. The highest BCUT2D eigenvalue weighted by Gasteiger charge is 2.24. The first-order chi connectivity index (χ1) is 13.3. The number of esters is 1. The molecule has 0 spiro atoms. The summed E-state index contributed by atoms with van der Waals surface area (Å²) in [6.07, 6.45) is 0.00514. The SMILES string of the molecule is C=C(Cc1c(C(=O)c2ccccc2)c(=O)oc2c(C)c(C)ccc12)C(=O)OC. The molecule has 3 rings (SSSR count). The molecule has 0 unspecified atom stereocenters. The largest absolute Gasteiger partial charge is 0.466 e. The zero-order valence-electron chi connectivity index (χ0n) is 16.0. The van der Waals surface area contributed by atoms with E-state index < -0.39 is 17.4 Å². The molecule has 0 atom stereocenters. The topological polar surface area (TPSA) is 73.6 Å². The van der Waals surface area contributed by atoms with Crippen LogP contribution in [0, 0.1) is 13.8 Å². The van der Waals surface area contributed by atoms with Crippen LogP contribution in [-0.2, 0) is 16.0 Å². The summed E-state index contributed by atoms with van der Waals surface area (Å²) in [5.74, 6) is -1.05. The van der Waals surface area contributed by atoms with Crippen LogP contribution in [0.2, 0.25) is 0 Å². The van der Waals surface area contributed by atoms with Gasteiger partial charge in [-0.3, -0.25) is 4.79 Å². The number of benzene rings is 2. The summed E-state index contributed by atoms with van der Waals surface area (Å²) in [6.45, 7) is 7.50. The average Bonchev–Trinajstić information content (AvgIpc) is 2.70. The highest BCUT2D eigenvalue weighted by atomic mass is 16.5. The number of carbonyl (C=O) groups excluding carboxylic acids is 2. The summed E-state index contributed by atoms with van der Waals surface area (Å²) in [4.78, 5) is 37.8. The van der Waals surface area contributed by atoms with Gasteiger partial charge in [-0.05, 0) is 30.5 Å². The number of fused-ring (bicyclic) bond motifs is 1. The standard InChI is InChI=1S/C23H20O5/c1-13-10-11-17-18(12-14(2)22(25)27-4)19(23(26)28-21(17)15(13)3)20(24)16-8-6-5-7-9-16/h5-11H,2,12H2,1,3-4H3. The Hall–Kier alpha value is -3.47. The van der Waals surface area contributed by atoms with Gasteiger partial charge in [0.05, 0.1) is 7.11 Å². The zero-order chi connectivity index (χ0) is 20.4. The molecule has 0 aliphatic heterocycles. The second-order valence-electron chi connectivity index (χ2n) is 6.59. The first-order valence-electron chi connectivity index (χ1n) is 8.77. The van der Waals surface area contributed by atoms with Crippen molar-refractivity contribution in [3.63, 3.8) is 0 Å². The Balaban J connectivity index is 2.32.